The number of hydrogen-bond donors (Lipinski definition) is 0. The number of aryl methyl sites for hydroxylation is 1. The molecule has 1 heterocycles. The Morgan fingerprint density at radius 2 is 1.92 bits per heavy atom. The molecule has 0 atom stereocenters. The Labute approximate surface area is 84.2 Å². The molecule has 2 nitrogen and oxygen atoms in total. The fourth-order valence-electron chi connectivity index (χ4n) is 1.14. The van der Waals surface area contributed by atoms with Crippen molar-refractivity contribution in [1.82, 2.24) is 4.98 Å². The fourth-order valence-corrected chi connectivity index (χ4v) is 4.03. The van der Waals surface area contributed by atoms with Gasteiger partial charge in [0.25, 0.3) is 0 Å². The summed E-state index contributed by atoms with van der Waals surface area (Å²) < 4.78 is 6.55. The predicted octanol–water partition coefficient (Wildman–Crippen LogP) is 1.94. The van der Waals surface area contributed by atoms with Crippen LogP contribution in [0.25, 0.3) is 0 Å². The zero-order chi connectivity index (χ0) is 10.1. The van der Waals surface area contributed by atoms with E-state index in [9.17, 15) is 0 Å². The summed E-state index contributed by atoms with van der Waals surface area (Å²) in [6, 6.07) is 2.10. The Kier molecular flexibility index (Phi) is 3.22. The van der Waals surface area contributed by atoms with Crippen LogP contribution in [-0.4, -0.2) is 30.5 Å². The minimum atomic E-state index is -2.00. The second kappa shape index (κ2) is 3.86. The van der Waals surface area contributed by atoms with Crippen molar-refractivity contribution in [2.75, 3.05) is 7.11 Å². The summed E-state index contributed by atoms with van der Waals surface area (Å²) in [4.78, 5) is 11.5. The van der Waals surface area contributed by atoms with Crippen LogP contribution in [-0.2, 0) is 0 Å². The molecule has 0 unspecified atom stereocenters. The Balaban J connectivity index is 3.14. The number of pyridine rings is 1. The molecule has 0 aromatic carbocycles. The summed E-state index contributed by atoms with van der Waals surface area (Å²) in [6.07, 6.45) is 1.91. The monoisotopic (exact) mass is 287 g/mol. The van der Waals surface area contributed by atoms with Crippen molar-refractivity contribution >= 4 is 22.1 Å². The van der Waals surface area contributed by atoms with Gasteiger partial charge in [-0.15, -0.1) is 0 Å². The van der Waals surface area contributed by atoms with E-state index in [-0.39, 0.29) is 0 Å². The Bertz CT molecular complexity index is 304. The van der Waals surface area contributed by atoms with E-state index in [1.807, 2.05) is 13.1 Å². The first-order valence-corrected chi connectivity index (χ1v) is 14.4. The summed E-state index contributed by atoms with van der Waals surface area (Å²) in [5.74, 6) is 0.969. The standard InChI is InChI=1S/C7H8NO.3CH3.Sn/c1-6-5-8-4-3-7(6)9-2;;;;/h3,5H,1-2H3;3*1H3;. The van der Waals surface area contributed by atoms with E-state index in [0.717, 1.165) is 11.3 Å². The maximum atomic E-state index is 5.27. The molecule has 0 aliphatic rings. The fraction of sp³-hybridized carbons (Fsp3) is 0.500. The van der Waals surface area contributed by atoms with E-state index >= 15 is 0 Å². The van der Waals surface area contributed by atoms with Gasteiger partial charge in [-0.1, -0.05) is 0 Å². The molecule has 0 amide bonds. The average Bonchev–Trinajstić information content (AvgIpc) is 2.03. The average molecular weight is 286 g/mol. The molecule has 1 aromatic heterocycles. The van der Waals surface area contributed by atoms with Gasteiger partial charge in [-0.2, -0.15) is 0 Å². The van der Waals surface area contributed by atoms with Crippen LogP contribution in [0.4, 0.5) is 0 Å². The number of rotatable bonds is 2. The van der Waals surface area contributed by atoms with Gasteiger partial charge in [0.2, 0.25) is 0 Å². The van der Waals surface area contributed by atoms with Crippen molar-refractivity contribution in [2.24, 2.45) is 0 Å². The van der Waals surface area contributed by atoms with Crippen molar-refractivity contribution in [1.29, 1.82) is 0 Å². The van der Waals surface area contributed by atoms with Gasteiger partial charge in [0.1, 0.15) is 0 Å². The van der Waals surface area contributed by atoms with Crippen LogP contribution >= 0.6 is 0 Å². The first kappa shape index (κ1) is 10.8. The maximum absolute atomic E-state index is 5.27. The second-order valence-electron chi connectivity index (χ2n) is 4.29. The Hall–Kier alpha value is -0.251. The molecule has 3 heteroatoms. The first-order chi connectivity index (χ1) is 5.95. The number of ether oxygens (including phenoxy) is 1. The van der Waals surface area contributed by atoms with E-state index in [1.54, 1.807) is 7.11 Å². The third kappa shape index (κ3) is 2.59. The van der Waals surface area contributed by atoms with Crippen molar-refractivity contribution in [3.8, 4) is 5.75 Å². The molecule has 1 rings (SSSR count). The third-order valence-corrected chi connectivity index (χ3v) is 7.21. The molecule has 0 fully saturated rings. The molecule has 1 aromatic rings. The topological polar surface area (TPSA) is 22.1 Å². The molecule has 0 N–H and O–H groups in total. The third-order valence-electron chi connectivity index (χ3n) is 2.04. The zero-order valence-corrected chi connectivity index (χ0v) is 11.9. The molecule has 0 bridgehead atoms. The predicted molar refractivity (Wildman–Crippen MR) is 58.5 cm³/mol. The summed E-state index contributed by atoms with van der Waals surface area (Å²) >= 11 is -2.00. The molecular weight excluding hydrogens is 269 g/mol. The van der Waals surface area contributed by atoms with Crippen LogP contribution in [0, 0.1) is 6.92 Å². The van der Waals surface area contributed by atoms with Gasteiger partial charge in [-0.05, 0) is 0 Å². The Morgan fingerprint density at radius 1 is 1.31 bits per heavy atom. The van der Waals surface area contributed by atoms with Gasteiger partial charge in [0.05, 0.1) is 0 Å². The van der Waals surface area contributed by atoms with Gasteiger partial charge in [0, 0.05) is 0 Å². The Morgan fingerprint density at radius 3 is 2.38 bits per heavy atom. The quantitative estimate of drug-likeness (QED) is 0.775. The second-order valence-corrected chi connectivity index (χ2v) is 18.6. The normalized spacial score (nSPS) is 11.5. The van der Waals surface area contributed by atoms with Crippen LogP contribution in [0.3, 0.4) is 0 Å². The molecule has 72 valence electrons. The molecule has 0 aliphatic heterocycles. The molecule has 0 saturated heterocycles. The molecular formula is C10H17NOSn. The van der Waals surface area contributed by atoms with Gasteiger partial charge in [0.15, 0.2) is 0 Å². The van der Waals surface area contributed by atoms with Crippen LogP contribution in [0.5, 0.6) is 5.75 Å². The van der Waals surface area contributed by atoms with Crippen molar-refractivity contribution in [2.45, 2.75) is 21.7 Å². The van der Waals surface area contributed by atoms with Gasteiger partial charge < -0.3 is 0 Å². The van der Waals surface area contributed by atoms with E-state index in [2.05, 4.69) is 25.9 Å². The summed E-state index contributed by atoms with van der Waals surface area (Å²) in [5.41, 5.74) is 1.11. The number of methoxy groups -OCH3 is 1. The molecule has 0 radical (unpaired) electrons. The minimum absolute atomic E-state index is 0.969. The van der Waals surface area contributed by atoms with E-state index in [1.165, 1.54) is 3.71 Å². The number of hydrogen-bond acceptors (Lipinski definition) is 2. The van der Waals surface area contributed by atoms with Crippen LogP contribution in [0.15, 0.2) is 12.3 Å². The summed E-state index contributed by atoms with van der Waals surface area (Å²) in [7, 11) is 1.71. The molecule has 0 aliphatic carbocycles. The number of nitrogens with zero attached hydrogens (tertiary/aromatic N) is 1. The number of aromatic nitrogens is 1. The van der Waals surface area contributed by atoms with E-state index in [0.29, 0.717) is 0 Å². The van der Waals surface area contributed by atoms with E-state index in [4.69, 9.17) is 4.74 Å². The molecule has 13 heavy (non-hydrogen) atoms. The van der Waals surface area contributed by atoms with Crippen LogP contribution < -0.4 is 8.45 Å². The first-order valence-electron chi connectivity index (χ1n) is 4.46. The van der Waals surface area contributed by atoms with Gasteiger partial charge in [-0.3, -0.25) is 0 Å². The summed E-state index contributed by atoms with van der Waals surface area (Å²) in [6.45, 7) is 2.02. The van der Waals surface area contributed by atoms with Crippen LogP contribution in [0.1, 0.15) is 5.56 Å². The molecule has 0 spiro atoms. The SMILES string of the molecule is COc1c[c]([Sn]([CH3])([CH3])[CH3])ncc1C. The van der Waals surface area contributed by atoms with Gasteiger partial charge >= 0.3 is 84.2 Å². The van der Waals surface area contributed by atoms with Crippen LogP contribution in [0.2, 0.25) is 14.8 Å². The van der Waals surface area contributed by atoms with Crippen molar-refractivity contribution in [3.63, 3.8) is 0 Å². The summed E-state index contributed by atoms with van der Waals surface area (Å²) in [5, 5.41) is 0. The van der Waals surface area contributed by atoms with E-state index < -0.39 is 18.4 Å². The zero-order valence-electron chi connectivity index (χ0n) is 9.01. The van der Waals surface area contributed by atoms with Crippen molar-refractivity contribution in [3.05, 3.63) is 17.8 Å². The van der Waals surface area contributed by atoms with Crippen molar-refractivity contribution < 1.29 is 4.74 Å². The van der Waals surface area contributed by atoms with Gasteiger partial charge in [-0.25, -0.2) is 0 Å². The molecule has 0 saturated carbocycles.